The van der Waals surface area contributed by atoms with Crippen molar-refractivity contribution in [3.05, 3.63) is 12.1 Å². The predicted molar refractivity (Wildman–Crippen MR) is 115 cm³/mol. The van der Waals surface area contributed by atoms with Crippen LogP contribution >= 0.6 is 11.3 Å². The van der Waals surface area contributed by atoms with Crippen LogP contribution in [0.3, 0.4) is 0 Å². The highest BCUT2D eigenvalue weighted by atomic mass is 32.1. The van der Waals surface area contributed by atoms with Crippen molar-refractivity contribution in [1.82, 2.24) is 4.98 Å². The summed E-state index contributed by atoms with van der Waals surface area (Å²) in [5.74, 6) is 1.34. The van der Waals surface area contributed by atoms with Crippen LogP contribution < -0.4 is 15.2 Å². The Morgan fingerprint density at radius 2 is 2.04 bits per heavy atom. The molecule has 2 rings (SSSR count). The molecule has 0 radical (unpaired) electrons. The summed E-state index contributed by atoms with van der Waals surface area (Å²) in [5.41, 5.74) is 7.61. The van der Waals surface area contributed by atoms with Gasteiger partial charge in [-0.25, -0.2) is 4.98 Å². The molecule has 0 amide bonds. The Bertz CT molecular complexity index is 750. The number of anilines is 1. The molecule has 5 nitrogen and oxygen atoms in total. The third-order valence-electron chi connectivity index (χ3n) is 4.57. The molecule has 6 heteroatoms. The van der Waals surface area contributed by atoms with Gasteiger partial charge in [-0.2, -0.15) is 5.53 Å². The van der Waals surface area contributed by atoms with Crippen LogP contribution in [-0.4, -0.2) is 24.7 Å². The van der Waals surface area contributed by atoms with Gasteiger partial charge in [0, 0.05) is 19.2 Å². The van der Waals surface area contributed by atoms with E-state index in [0.717, 1.165) is 47.0 Å². The largest absolute Gasteiger partial charge is 0.491 e. The number of thiazole rings is 1. The van der Waals surface area contributed by atoms with E-state index in [2.05, 4.69) is 51.6 Å². The Balaban J connectivity index is 2.13. The fourth-order valence-corrected chi connectivity index (χ4v) is 4.53. The molecular formula is C21H35N4OS+. The second-order valence-corrected chi connectivity index (χ2v) is 9.51. The number of nitrogens with zero attached hydrogens (tertiary/aromatic N) is 3. The Kier molecular flexibility index (Phi) is 7.59. The van der Waals surface area contributed by atoms with Crippen LogP contribution in [0, 0.1) is 11.3 Å². The maximum atomic E-state index is 6.04. The van der Waals surface area contributed by atoms with Crippen molar-refractivity contribution in [2.45, 2.75) is 60.8 Å². The molecule has 27 heavy (non-hydrogen) atoms. The van der Waals surface area contributed by atoms with Gasteiger partial charge in [-0.3, -0.25) is 0 Å². The minimum atomic E-state index is 0.344. The van der Waals surface area contributed by atoms with Gasteiger partial charge in [0.05, 0.1) is 16.8 Å². The van der Waals surface area contributed by atoms with Gasteiger partial charge in [-0.15, -0.1) is 0 Å². The molecule has 0 aliphatic carbocycles. The van der Waals surface area contributed by atoms with E-state index in [1.54, 1.807) is 11.3 Å². The smallest absolute Gasteiger partial charge is 0.186 e. The maximum Gasteiger partial charge on any atom is 0.186 e. The summed E-state index contributed by atoms with van der Waals surface area (Å²) in [7, 11) is 0. The number of hydrogen-bond donors (Lipinski definition) is 1. The minimum Gasteiger partial charge on any atom is -0.491 e. The number of hydrogen-bond acceptors (Lipinski definition) is 5. The lowest BCUT2D eigenvalue weighted by Crippen LogP contribution is -2.22. The first-order valence-corrected chi connectivity index (χ1v) is 10.8. The first-order valence-electron chi connectivity index (χ1n) is 10.0. The van der Waals surface area contributed by atoms with Crippen molar-refractivity contribution in [2.24, 2.45) is 16.4 Å². The van der Waals surface area contributed by atoms with Crippen LogP contribution in [0.15, 0.2) is 17.2 Å². The first-order chi connectivity index (χ1) is 12.8. The van der Waals surface area contributed by atoms with Gasteiger partial charge in [0.2, 0.25) is 0 Å². The molecule has 0 bridgehead atoms. The summed E-state index contributed by atoms with van der Waals surface area (Å²) >= 11 is 1.69. The van der Waals surface area contributed by atoms with Gasteiger partial charge < -0.3 is 9.64 Å². The van der Waals surface area contributed by atoms with E-state index in [9.17, 15) is 0 Å². The van der Waals surface area contributed by atoms with Crippen molar-refractivity contribution < 1.29 is 10.3 Å². The topological polar surface area (TPSA) is 63.3 Å². The molecule has 2 N–H and O–H groups in total. The van der Waals surface area contributed by atoms with Crippen molar-refractivity contribution in [3.8, 4) is 5.75 Å². The molecule has 0 saturated heterocycles. The molecule has 1 aromatic carbocycles. The molecule has 2 aromatic rings. The minimum absolute atomic E-state index is 0.344. The number of rotatable bonds is 10. The molecule has 150 valence electrons. The summed E-state index contributed by atoms with van der Waals surface area (Å²) < 4.78 is 7.14. The molecule has 1 atom stereocenters. The van der Waals surface area contributed by atoms with E-state index < -0.39 is 0 Å². The summed E-state index contributed by atoms with van der Waals surface area (Å²) in [6.45, 7) is 16.1. The number of benzene rings is 1. The van der Waals surface area contributed by atoms with E-state index in [-0.39, 0.29) is 0 Å². The lowest BCUT2D eigenvalue weighted by Gasteiger charge is -2.23. The van der Waals surface area contributed by atoms with E-state index in [1.807, 2.05) is 12.1 Å². The summed E-state index contributed by atoms with van der Waals surface area (Å²) in [6.07, 6.45) is 3.30. The van der Waals surface area contributed by atoms with E-state index >= 15 is 0 Å². The number of ether oxygens (including phenoxy) is 1. The zero-order chi connectivity index (χ0) is 20.0. The normalized spacial score (nSPS) is 13.0. The van der Waals surface area contributed by atoms with Crippen molar-refractivity contribution in [2.75, 3.05) is 24.6 Å². The van der Waals surface area contributed by atoms with Gasteiger partial charge in [-0.1, -0.05) is 46.0 Å². The van der Waals surface area contributed by atoms with Crippen LogP contribution in [0.2, 0.25) is 0 Å². The Morgan fingerprint density at radius 1 is 1.30 bits per heavy atom. The zero-order valence-electron chi connectivity index (χ0n) is 17.7. The molecule has 0 saturated carbocycles. The molecular weight excluding hydrogens is 356 g/mol. The molecule has 1 aromatic heterocycles. The van der Waals surface area contributed by atoms with E-state index in [1.165, 1.54) is 6.42 Å². The standard InChI is InChI=1S/C21H34N4OS/c1-7-10-25(8-2)20-23-17-12-18(16(24-22)13-19(17)27-20)26-11-9-15(3)14-21(4,5)6/h12-13,15,22H,7-11,14H2,1-6H3/p+1. The average Bonchev–Trinajstić information content (AvgIpc) is 2.99. The average molecular weight is 392 g/mol. The summed E-state index contributed by atoms with van der Waals surface area (Å²) in [4.78, 5) is 7.12. The Labute approximate surface area is 167 Å². The quantitative estimate of drug-likeness (QED) is 0.565. The highest BCUT2D eigenvalue weighted by molar-refractivity contribution is 7.22. The summed E-state index contributed by atoms with van der Waals surface area (Å²) in [6, 6.07) is 3.97. The molecule has 0 aliphatic rings. The highest BCUT2D eigenvalue weighted by Gasteiger charge is 2.17. The van der Waals surface area contributed by atoms with Gasteiger partial charge in [-0.05, 0) is 48.7 Å². The lowest BCUT2D eigenvalue weighted by molar-refractivity contribution is -0.210. The number of aromatic nitrogens is 1. The number of fused-ring (bicyclic) bond motifs is 1. The molecule has 1 heterocycles. The third-order valence-corrected chi connectivity index (χ3v) is 5.65. The van der Waals surface area contributed by atoms with Gasteiger partial charge in [0.25, 0.3) is 0 Å². The third kappa shape index (κ3) is 6.16. The van der Waals surface area contributed by atoms with Crippen molar-refractivity contribution in [1.29, 1.82) is 0 Å². The molecule has 0 fully saturated rings. The van der Waals surface area contributed by atoms with E-state index in [0.29, 0.717) is 23.6 Å². The first kappa shape index (κ1) is 21.6. The van der Waals surface area contributed by atoms with E-state index in [4.69, 9.17) is 15.3 Å². The van der Waals surface area contributed by atoms with Crippen molar-refractivity contribution >= 4 is 32.4 Å². The van der Waals surface area contributed by atoms with Crippen LogP contribution in [0.5, 0.6) is 5.75 Å². The maximum absolute atomic E-state index is 6.04. The Hall–Kier alpha value is -1.69. The van der Waals surface area contributed by atoms with Crippen LogP contribution in [0.4, 0.5) is 10.8 Å². The second kappa shape index (κ2) is 9.49. The van der Waals surface area contributed by atoms with Gasteiger partial charge in [0.15, 0.2) is 16.6 Å². The molecule has 1 unspecified atom stereocenters. The van der Waals surface area contributed by atoms with Crippen molar-refractivity contribution in [3.63, 3.8) is 0 Å². The SMILES string of the molecule is CCCN(CC)c1nc2cc(OCCC(C)CC(C)(C)C)c(N=[NH2+])cc2s1. The highest BCUT2D eigenvalue weighted by Crippen LogP contribution is 2.37. The fraction of sp³-hybridized carbons (Fsp3) is 0.667. The van der Waals surface area contributed by atoms with Crippen LogP contribution in [0.1, 0.15) is 60.8 Å². The lowest BCUT2D eigenvalue weighted by atomic mass is 9.84. The molecule has 0 spiro atoms. The van der Waals surface area contributed by atoms with Crippen LogP contribution in [-0.2, 0) is 0 Å². The monoisotopic (exact) mass is 391 g/mol. The Morgan fingerprint density at radius 3 is 2.63 bits per heavy atom. The van der Waals surface area contributed by atoms with Gasteiger partial charge in [0.1, 0.15) is 0 Å². The zero-order valence-corrected chi connectivity index (χ0v) is 18.5. The fourth-order valence-electron chi connectivity index (χ4n) is 3.46. The predicted octanol–water partition coefficient (Wildman–Crippen LogP) is 5.22. The van der Waals surface area contributed by atoms with Crippen LogP contribution in [0.25, 0.3) is 10.2 Å². The molecule has 0 aliphatic heterocycles. The number of nitrogens with two attached hydrogens (primary N) is 1. The summed E-state index contributed by atoms with van der Waals surface area (Å²) in [5, 5.41) is 4.98. The second-order valence-electron chi connectivity index (χ2n) is 8.50. The van der Waals surface area contributed by atoms with Gasteiger partial charge >= 0.3 is 0 Å².